The Morgan fingerprint density at radius 2 is 2.20 bits per heavy atom. The fourth-order valence-corrected chi connectivity index (χ4v) is 2.91. The van der Waals surface area contributed by atoms with E-state index in [-0.39, 0.29) is 24.6 Å². The van der Waals surface area contributed by atoms with Gasteiger partial charge < -0.3 is 10.4 Å². The summed E-state index contributed by atoms with van der Waals surface area (Å²) in [6.45, 7) is 0.272. The summed E-state index contributed by atoms with van der Waals surface area (Å²) >= 11 is 5.88. The zero-order valence-corrected chi connectivity index (χ0v) is 12.4. The van der Waals surface area contributed by atoms with Gasteiger partial charge in [0.05, 0.1) is 12.6 Å². The molecule has 1 aliphatic rings. The van der Waals surface area contributed by atoms with Crippen LogP contribution in [0, 0.1) is 0 Å². The van der Waals surface area contributed by atoms with E-state index in [9.17, 15) is 9.90 Å². The van der Waals surface area contributed by atoms with Crippen molar-refractivity contribution in [3.8, 4) is 0 Å². The molecule has 1 aromatic carbocycles. The number of aliphatic hydroxyl groups is 1. The standard InChI is InChI=1S/C15H21ClN2O2/c1-18(13-7-2-3-8-14(13)19)10-15(20)17-12-6-4-5-11(16)9-12/h4-6,9,13-14,19H,2-3,7-8,10H2,1H3,(H,17,20). The predicted molar refractivity (Wildman–Crippen MR) is 81.0 cm³/mol. The van der Waals surface area contributed by atoms with Gasteiger partial charge in [0.25, 0.3) is 0 Å². The lowest BCUT2D eigenvalue weighted by Gasteiger charge is -2.34. The highest BCUT2D eigenvalue weighted by molar-refractivity contribution is 6.30. The molecule has 20 heavy (non-hydrogen) atoms. The van der Waals surface area contributed by atoms with Gasteiger partial charge in [-0.3, -0.25) is 9.69 Å². The highest BCUT2D eigenvalue weighted by Crippen LogP contribution is 2.22. The first-order valence-electron chi connectivity index (χ1n) is 7.00. The molecule has 1 aromatic rings. The van der Waals surface area contributed by atoms with Crippen molar-refractivity contribution in [2.24, 2.45) is 0 Å². The summed E-state index contributed by atoms with van der Waals surface area (Å²) in [5, 5.41) is 13.4. The van der Waals surface area contributed by atoms with Crippen molar-refractivity contribution in [1.82, 2.24) is 4.90 Å². The summed E-state index contributed by atoms with van der Waals surface area (Å²) < 4.78 is 0. The number of carbonyl (C=O) groups is 1. The van der Waals surface area contributed by atoms with E-state index >= 15 is 0 Å². The average Bonchev–Trinajstić information content (AvgIpc) is 2.38. The third-order valence-corrected chi connectivity index (χ3v) is 4.00. The minimum absolute atomic E-state index is 0.0776. The van der Waals surface area contributed by atoms with Crippen molar-refractivity contribution in [1.29, 1.82) is 0 Å². The number of amides is 1. The van der Waals surface area contributed by atoms with Gasteiger partial charge in [-0.25, -0.2) is 0 Å². The first kappa shape index (κ1) is 15.3. The van der Waals surface area contributed by atoms with Crippen LogP contribution in [0.15, 0.2) is 24.3 Å². The first-order valence-corrected chi connectivity index (χ1v) is 7.38. The van der Waals surface area contributed by atoms with E-state index in [0.29, 0.717) is 10.7 Å². The molecule has 1 aliphatic carbocycles. The Hall–Kier alpha value is -1.10. The summed E-state index contributed by atoms with van der Waals surface area (Å²) in [5.41, 5.74) is 0.695. The quantitative estimate of drug-likeness (QED) is 0.898. The second-order valence-electron chi connectivity index (χ2n) is 5.39. The van der Waals surface area contributed by atoms with Gasteiger partial charge in [0.2, 0.25) is 5.91 Å². The number of halogens is 1. The molecule has 0 heterocycles. The molecule has 0 aliphatic heterocycles. The lowest BCUT2D eigenvalue weighted by atomic mass is 9.91. The maximum absolute atomic E-state index is 12.0. The Balaban J connectivity index is 1.87. The molecule has 2 N–H and O–H groups in total. The van der Waals surface area contributed by atoms with Gasteiger partial charge in [-0.05, 0) is 38.1 Å². The number of carbonyl (C=O) groups excluding carboxylic acids is 1. The minimum atomic E-state index is -0.326. The largest absolute Gasteiger partial charge is 0.391 e. The number of anilines is 1. The molecule has 0 aromatic heterocycles. The lowest BCUT2D eigenvalue weighted by molar-refractivity contribution is -0.118. The topological polar surface area (TPSA) is 52.6 Å². The van der Waals surface area contributed by atoms with Gasteiger partial charge in [-0.15, -0.1) is 0 Å². The van der Waals surface area contributed by atoms with Crippen LogP contribution in [0.1, 0.15) is 25.7 Å². The second-order valence-corrected chi connectivity index (χ2v) is 5.83. The number of aliphatic hydroxyl groups excluding tert-OH is 1. The molecule has 2 rings (SSSR count). The highest BCUT2D eigenvalue weighted by atomic mass is 35.5. The maximum Gasteiger partial charge on any atom is 0.238 e. The smallest absolute Gasteiger partial charge is 0.238 e. The predicted octanol–water partition coefficient (Wildman–Crippen LogP) is 2.51. The molecule has 2 unspecified atom stereocenters. The van der Waals surface area contributed by atoms with Gasteiger partial charge in [0.15, 0.2) is 0 Å². The van der Waals surface area contributed by atoms with Crippen molar-refractivity contribution in [2.45, 2.75) is 37.8 Å². The van der Waals surface area contributed by atoms with E-state index in [4.69, 9.17) is 11.6 Å². The number of hydrogen-bond acceptors (Lipinski definition) is 3. The van der Waals surface area contributed by atoms with Gasteiger partial charge in [-0.2, -0.15) is 0 Å². The van der Waals surface area contributed by atoms with Crippen LogP contribution in [-0.4, -0.2) is 41.7 Å². The monoisotopic (exact) mass is 296 g/mol. The van der Waals surface area contributed by atoms with E-state index in [0.717, 1.165) is 25.7 Å². The van der Waals surface area contributed by atoms with Crippen LogP contribution in [-0.2, 0) is 4.79 Å². The number of nitrogens with zero attached hydrogens (tertiary/aromatic N) is 1. The molecule has 0 bridgehead atoms. The van der Waals surface area contributed by atoms with Gasteiger partial charge >= 0.3 is 0 Å². The molecule has 1 saturated carbocycles. The van der Waals surface area contributed by atoms with E-state index in [1.54, 1.807) is 24.3 Å². The number of benzene rings is 1. The van der Waals surface area contributed by atoms with E-state index in [1.807, 2.05) is 11.9 Å². The van der Waals surface area contributed by atoms with Crippen molar-refractivity contribution in [2.75, 3.05) is 18.9 Å². The summed E-state index contributed by atoms with van der Waals surface area (Å²) in [7, 11) is 1.89. The van der Waals surface area contributed by atoms with Crippen molar-refractivity contribution < 1.29 is 9.90 Å². The Labute approximate surface area is 124 Å². The maximum atomic E-state index is 12.0. The SMILES string of the molecule is CN(CC(=O)Nc1cccc(Cl)c1)C1CCCCC1O. The number of rotatable bonds is 4. The van der Waals surface area contributed by atoms with Crippen molar-refractivity contribution in [3.05, 3.63) is 29.3 Å². The molecule has 4 nitrogen and oxygen atoms in total. The molecule has 0 radical (unpaired) electrons. The summed E-state index contributed by atoms with van der Waals surface area (Å²) in [4.78, 5) is 13.9. The van der Waals surface area contributed by atoms with Gasteiger partial charge in [-0.1, -0.05) is 30.5 Å². The molecular formula is C15H21ClN2O2. The zero-order chi connectivity index (χ0) is 14.5. The van der Waals surface area contributed by atoms with E-state index in [1.165, 1.54) is 0 Å². The number of likely N-dealkylation sites (N-methyl/N-ethyl adjacent to an activating group) is 1. The summed E-state index contributed by atoms with van der Waals surface area (Å²) in [6.07, 6.45) is 3.63. The molecule has 0 spiro atoms. The van der Waals surface area contributed by atoms with Crippen molar-refractivity contribution >= 4 is 23.2 Å². The number of nitrogens with one attached hydrogen (secondary N) is 1. The van der Waals surface area contributed by atoms with Gasteiger partial charge in [0.1, 0.15) is 0 Å². The van der Waals surface area contributed by atoms with Crippen LogP contribution in [0.25, 0.3) is 0 Å². The molecule has 5 heteroatoms. The Morgan fingerprint density at radius 3 is 2.90 bits per heavy atom. The Kier molecular flexibility index (Phi) is 5.40. The summed E-state index contributed by atoms with van der Waals surface area (Å²) in [6, 6.07) is 7.16. The highest BCUT2D eigenvalue weighted by Gasteiger charge is 2.27. The first-order chi connectivity index (χ1) is 9.56. The second kappa shape index (κ2) is 7.07. The third-order valence-electron chi connectivity index (χ3n) is 3.76. The molecule has 2 atom stereocenters. The van der Waals surface area contributed by atoms with Crippen LogP contribution in [0.5, 0.6) is 0 Å². The Bertz CT molecular complexity index is 467. The van der Waals surface area contributed by atoms with Crippen LogP contribution < -0.4 is 5.32 Å². The fourth-order valence-electron chi connectivity index (χ4n) is 2.72. The molecule has 0 saturated heterocycles. The molecule has 1 fully saturated rings. The van der Waals surface area contributed by atoms with E-state index in [2.05, 4.69) is 5.32 Å². The van der Waals surface area contributed by atoms with Crippen molar-refractivity contribution in [3.63, 3.8) is 0 Å². The minimum Gasteiger partial charge on any atom is -0.391 e. The normalized spacial score (nSPS) is 22.8. The van der Waals surface area contributed by atoms with E-state index < -0.39 is 0 Å². The van der Waals surface area contributed by atoms with Crippen LogP contribution in [0.4, 0.5) is 5.69 Å². The number of hydrogen-bond donors (Lipinski definition) is 2. The van der Waals surface area contributed by atoms with Crippen LogP contribution in [0.2, 0.25) is 5.02 Å². The summed E-state index contributed by atoms with van der Waals surface area (Å²) in [5.74, 6) is -0.0902. The molecule has 1 amide bonds. The molecule has 110 valence electrons. The zero-order valence-electron chi connectivity index (χ0n) is 11.7. The average molecular weight is 297 g/mol. The molecular weight excluding hydrogens is 276 g/mol. The third kappa shape index (κ3) is 4.20. The lowest BCUT2D eigenvalue weighted by Crippen LogP contribution is -2.46. The Morgan fingerprint density at radius 1 is 1.45 bits per heavy atom. The fraction of sp³-hybridized carbons (Fsp3) is 0.533. The van der Waals surface area contributed by atoms with Gasteiger partial charge in [0, 0.05) is 16.8 Å². The van der Waals surface area contributed by atoms with Crippen LogP contribution >= 0.6 is 11.6 Å². The van der Waals surface area contributed by atoms with Crippen LogP contribution in [0.3, 0.4) is 0 Å².